The van der Waals surface area contributed by atoms with E-state index in [1.165, 1.54) is 12.0 Å². The Kier molecular flexibility index (Phi) is 4.15. The van der Waals surface area contributed by atoms with Crippen LogP contribution in [0.15, 0.2) is 42.5 Å². The van der Waals surface area contributed by atoms with Gasteiger partial charge in [0, 0.05) is 23.4 Å². The molecule has 0 fully saturated rings. The van der Waals surface area contributed by atoms with E-state index in [1.807, 2.05) is 0 Å². The third-order valence-electron chi connectivity index (χ3n) is 2.98. The normalized spacial score (nSPS) is 10.2. The number of rotatable bonds is 3. The van der Waals surface area contributed by atoms with Gasteiger partial charge in [0.2, 0.25) is 0 Å². The van der Waals surface area contributed by atoms with E-state index in [1.54, 1.807) is 49.5 Å². The monoisotopic (exact) mass is 290 g/mol. The summed E-state index contributed by atoms with van der Waals surface area (Å²) in [7, 11) is 3.20. The van der Waals surface area contributed by atoms with E-state index in [-0.39, 0.29) is 5.91 Å². The molecule has 0 aliphatic carbocycles. The highest BCUT2D eigenvalue weighted by atomic mass is 35.5. The highest BCUT2D eigenvalue weighted by molar-refractivity contribution is 6.31. The molecule has 0 heterocycles. The molecule has 0 unspecified atom stereocenters. The third kappa shape index (κ3) is 2.86. The van der Waals surface area contributed by atoms with Gasteiger partial charge in [-0.05, 0) is 42.5 Å². The van der Waals surface area contributed by atoms with Crippen molar-refractivity contribution in [3.63, 3.8) is 0 Å². The van der Waals surface area contributed by atoms with Crippen LogP contribution in [0.5, 0.6) is 5.75 Å². The zero-order valence-corrected chi connectivity index (χ0v) is 12.0. The lowest BCUT2D eigenvalue weighted by Gasteiger charge is -2.19. The summed E-state index contributed by atoms with van der Waals surface area (Å²) in [6.45, 7) is 0. The fourth-order valence-electron chi connectivity index (χ4n) is 1.84. The summed E-state index contributed by atoms with van der Waals surface area (Å²) in [5.41, 5.74) is 7.50. The van der Waals surface area contributed by atoms with E-state index in [0.29, 0.717) is 22.0 Å². The van der Waals surface area contributed by atoms with Gasteiger partial charge < -0.3 is 15.4 Å². The zero-order valence-electron chi connectivity index (χ0n) is 11.3. The lowest BCUT2D eigenvalue weighted by Crippen LogP contribution is -2.26. The third-order valence-corrected chi connectivity index (χ3v) is 3.21. The lowest BCUT2D eigenvalue weighted by molar-refractivity contribution is 0.0990. The number of methoxy groups -OCH3 is 1. The van der Waals surface area contributed by atoms with Crippen molar-refractivity contribution in [1.82, 2.24) is 0 Å². The molecule has 0 saturated carbocycles. The molecule has 0 aliphatic heterocycles. The number of carbonyl (C=O) groups excluding carboxylic acids is 1. The largest absolute Gasteiger partial charge is 0.496 e. The average Bonchev–Trinajstić information content (AvgIpc) is 2.46. The predicted molar refractivity (Wildman–Crippen MR) is 81.6 cm³/mol. The Morgan fingerprint density at radius 3 is 2.45 bits per heavy atom. The summed E-state index contributed by atoms with van der Waals surface area (Å²) in [5, 5.41) is 0.522. The van der Waals surface area contributed by atoms with E-state index in [0.717, 1.165) is 5.69 Å². The Hall–Kier alpha value is -2.20. The number of ether oxygens (including phenoxy) is 1. The second-order valence-corrected chi connectivity index (χ2v) is 4.74. The molecule has 0 atom stereocenters. The van der Waals surface area contributed by atoms with Crippen LogP contribution in [-0.4, -0.2) is 20.1 Å². The molecule has 0 spiro atoms. The number of hydrogen-bond donors (Lipinski definition) is 1. The number of hydrogen-bond acceptors (Lipinski definition) is 3. The molecule has 5 heteroatoms. The van der Waals surface area contributed by atoms with Crippen molar-refractivity contribution in [2.24, 2.45) is 0 Å². The first-order valence-corrected chi connectivity index (χ1v) is 6.38. The molecule has 0 radical (unpaired) electrons. The summed E-state index contributed by atoms with van der Waals surface area (Å²) < 4.78 is 5.20. The van der Waals surface area contributed by atoms with E-state index in [9.17, 15) is 4.79 Å². The summed E-state index contributed by atoms with van der Waals surface area (Å²) >= 11 is 5.90. The van der Waals surface area contributed by atoms with Crippen LogP contribution < -0.4 is 15.4 Å². The molecule has 0 bridgehead atoms. The predicted octanol–water partition coefficient (Wildman–Crippen LogP) is 3.21. The molecule has 20 heavy (non-hydrogen) atoms. The van der Waals surface area contributed by atoms with Gasteiger partial charge in [0.25, 0.3) is 5.91 Å². The van der Waals surface area contributed by atoms with Crippen LogP contribution >= 0.6 is 11.6 Å². The molecular weight excluding hydrogens is 276 g/mol. The molecule has 4 nitrogen and oxygen atoms in total. The first kappa shape index (κ1) is 14.2. The van der Waals surface area contributed by atoms with Crippen LogP contribution in [0.3, 0.4) is 0 Å². The van der Waals surface area contributed by atoms with Crippen LogP contribution in [0.2, 0.25) is 5.02 Å². The number of benzene rings is 2. The Morgan fingerprint density at radius 2 is 1.85 bits per heavy atom. The van der Waals surface area contributed by atoms with Gasteiger partial charge in [0.05, 0.1) is 12.7 Å². The van der Waals surface area contributed by atoms with Gasteiger partial charge in [0.15, 0.2) is 0 Å². The molecule has 0 saturated heterocycles. The minimum atomic E-state index is -0.178. The summed E-state index contributed by atoms with van der Waals surface area (Å²) in [6, 6.07) is 12.0. The van der Waals surface area contributed by atoms with Crippen LogP contribution in [0.25, 0.3) is 0 Å². The molecular formula is C15H15ClN2O2. The first-order valence-electron chi connectivity index (χ1n) is 6.00. The molecule has 2 aromatic carbocycles. The summed E-state index contributed by atoms with van der Waals surface area (Å²) in [6.07, 6.45) is 0. The van der Waals surface area contributed by atoms with Crippen LogP contribution in [0.1, 0.15) is 10.4 Å². The number of amides is 1. The minimum absolute atomic E-state index is 0.178. The van der Waals surface area contributed by atoms with E-state index in [4.69, 9.17) is 22.1 Å². The molecule has 1 amide bonds. The van der Waals surface area contributed by atoms with Crippen LogP contribution in [0.4, 0.5) is 11.4 Å². The minimum Gasteiger partial charge on any atom is -0.496 e. The van der Waals surface area contributed by atoms with E-state index >= 15 is 0 Å². The maximum atomic E-state index is 12.5. The van der Waals surface area contributed by atoms with Gasteiger partial charge in [-0.15, -0.1) is 0 Å². The molecule has 0 aliphatic rings. The molecule has 0 aromatic heterocycles. The van der Waals surface area contributed by atoms with Crippen molar-refractivity contribution < 1.29 is 9.53 Å². The number of carbonyl (C=O) groups is 1. The van der Waals surface area contributed by atoms with Crippen molar-refractivity contribution in [2.75, 3.05) is 24.8 Å². The van der Waals surface area contributed by atoms with Gasteiger partial charge in [-0.2, -0.15) is 0 Å². The van der Waals surface area contributed by atoms with Gasteiger partial charge in [-0.1, -0.05) is 11.6 Å². The van der Waals surface area contributed by atoms with Gasteiger partial charge in [-0.25, -0.2) is 0 Å². The fraction of sp³-hybridized carbons (Fsp3) is 0.133. The second-order valence-electron chi connectivity index (χ2n) is 4.30. The maximum Gasteiger partial charge on any atom is 0.261 e. The Bertz CT molecular complexity index is 626. The van der Waals surface area contributed by atoms with E-state index in [2.05, 4.69) is 0 Å². The Labute approximate surface area is 122 Å². The maximum absolute atomic E-state index is 12.5. The average molecular weight is 291 g/mol. The van der Waals surface area contributed by atoms with Crippen molar-refractivity contribution >= 4 is 28.9 Å². The smallest absolute Gasteiger partial charge is 0.261 e. The van der Waals surface area contributed by atoms with E-state index < -0.39 is 0 Å². The van der Waals surface area contributed by atoms with Crippen molar-refractivity contribution in [3.05, 3.63) is 53.1 Å². The van der Waals surface area contributed by atoms with Gasteiger partial charge in [0.1, 0.15) is 5.75 Å². The molecule has 2 N–H and O–H groups in total. The number of nitrogens with zero attached hydrogens (tertiary/aromatic N) is 1. The lowest BCUT2D eigenvalue weighted by atomic mass is 10.1. The van der Waals surface area contributed by atoms with Gasteiger partial charge >= 0.3 is 0 Å². The highest BCUT2D eigenvalue weighted by Gasteiger charge is 2.18. The number of nitrogen functional groups attached to an aromatic ring is 1. The quantitative estimate of drug-likeness (QED) is 0.883. The summed E-state index contributed by atoms with van der Waals surface area (Å²) in [4.78, 5) is 14.0. The second kappa shape index (κ2) is 5.84. The standard InChI is InChI=1S/C15H15ClN2O2/c1-18(12-6-4-11(17)5-7-12)15(19)13-8-3-10(16)9-14(13)20-2/h3-9H,17H2,1-2H3. The van der Waals surface area contributed by atoms with Crippen LogP contribution in [0, 0.1) is 0 Å². The van der Waals surface area contributed by atoms with Crippen LogP contribution in [-0.2, 0) is 0 Å². The first-order chi connectivity index (χ1) is 9.52. The SMILES string of the molecule is COc1cc(Cl)ccc1C(=O)N(C)c1ccc(N)cc1. The van der Waals surface area contributed by atoms with Crippen molar-refractivity contribution in [3.8, 4) is 5.75 Å². The molecule has 2 aromatic rings. The fourth-order valence-corrected chi connectivity index (χ4v) is 2.00. The Balaban J connectivity index is 2.33. The Morgan fingerprint density at radius 1 is 1.20 bits per heavy atom. The number of nitrogens with two attached hydrogens (primary N) is 1. The number of anilines is 2. The highest BCUT2D eigenvalue weighted by Crippen LogP contribution is 2.26. The van der Waals surface area contributed by atoms with Gasteiger partial charge in [-0.3, -0.25) is 4.79 Å². The molecule has 104 valence electrons. The number of halogens is 1. The zero-order chi connectivity index (χ0) is 14.7. The van der Waals surface area contributed by atoms with Crippen molar-refractivity contribution in [1.29, 1.82) is 0 Å². The molecule has 2 rings (SSSR count). The van der Waals surface area contributed by atoms with Crippen molar-refractivity contribution in [2.45, 2.75) is 0 Å². The topological polar surface area (TPSA) is 55.6 Å². The summed E-state index contributed by atoms with van der Waals surface area (Å²) in [5.74, 6) is 0.271.